The van der Waals surface area contributed by atoms with Crippen molar-refractivity contribution < 1.29 is 13.6 Å². The number of halogens is 3. The first-order valence-electron chi connectivity index (χ1n) is 5.91. The van der Waals surface area contributed by atoms with Crippen molar-refractivity contribution in [2.45, 2.75) is 6.92 Å². The number of carbonyl (C=O) groups excluding carboxylic acids is 1. The van der Waals surface area contributed by atoms with E-state index in [9.17, 15) is 13.6 Å². The number of nitrogens with one attached hydrogen (secondary N) is 1. The fraction of sp³-hybridized carbons (Fsp3) is 0.0714. The van der Waals surface area contributed by atoms with Crippen molar-refractivity contribution in [2.24, 2.45) is 0 Å². The second-order valence-electron chi connectivity index (χ2n) is 4.42. The summed E-state index contributed by atoms with van der Waals surface area (Å²) in [7, 11) is 0. The van der Waals surface area contributed by atoms with E-state index in [4.69, 9.17) is 23.1 Å². The molecule has 0 saturated carbocycles. The van der Waals surface area contributed by atoms with Gasteiger partial charge < -0.3 is 16.5 Å². The zero-order valence-electron chi connectivity index (χ0n) is 11.0. The fourth-order valence-corrected chi connectivity index (χ4v) is 2.01. The fourth-order valence-electron chi connectivity index (χ4n) is 1.90. The van der Waals surface area contributed by atoms with E-state index < -0.39 is 23.0 Å². The van der Waals surface area contributed by atoms with Gasteiger partial charge in [0.15, 0.2) is 5.82 Å². The van der Waals surface area contributed by atoms with E-state index >= 15 is 0 Å². The zero-order chi connectivity index (χ0) is 15.7. The molecule has 7 heteroatoms. The van der Waals surface area contributed by atoms with Crippen LogP contribution in [0.1, 0.15) is 28.4 Å². The average Bonchev–Trinajstić information content (AvgIpc) is 2.75. The molecule has 0 aliphatic rings. The van der Waals surface area contributed by atoms with Gasteiger partial charge >= 0.3 is 0 Å². The molecule has 0 atom stereocenters. The Kier molecular flexibility index (Phi) is 3.99. The number of nitrogen functional groups attached to an aromatic ring is 2. The van der Waals surface area contributed by atoms with Gasteiger partial charge in [0.2, 0.25) is 5.78 Å². The summed E-state index contributed by atoms with van der Waals surface area (Å²) >= 11 is 5.76. The Labute approximate surface area is 124 Å². The number of aromatic amines is 1. The number of hydrogen-bond acceptors (Lipinski definition) is 3. The summed E-state index contributed by atoms with van der Waals surface area (Å²) in [5, 5.41) is 0.365. The SMILES string of the molecule is CC(Cl)=Cc1c(C(=O)c2c(F)ccc(N)c2F)c[nH]c1N. The Bertz CT molecular complexity index is 749. The molecule has 0 radical (unpaired) electrons. The van der Waals surface area contributed by atoms with E-state index in [0.29, 0.717) is 5.03 Å². The third kappa shape index (κ3) is 2.75. The maximum Gasteiger partial charge on any atom is 0.201 e. The van der Waals surface area contributed by atoms with Crippen LogP contribution < -0.4 is 11.5 Å². The van der Waals surface area contributed by atoms with Gasteiger partial charge in [-0.2, -0.15) is 0 Å². The Hall–Kier alpha value is -2.34. The number of ketones is 1. The summed E-state index contributed by atoms with van der Waals surface area (Å²) in [4.78, 5) is 15.0. The van der Waals surface area contributed by atoms with Crippen molar-refractivity contribution >= 4 is 35.0 Å². The van der Waals surface area contributed by atoms with E-state index in [-0.39, 0.29) is 22.6 Å². The van der Waals surface area contributed by atoms with Crippen LogP contribution in [0.4, 0.5) is 20.3 Å². The average molecular weight is 312 g/mol. The highest BCUT2D eigenvalue weighted by molar-refractivity contribution is 6.31. The molecule has 0 aliphatic heterocycles. The molecule has 21 heavy (non-hydrogen) atoms. The number of anilines is 2. The van der Waals surface area contributed by atoms with Gasteiger partial charge in [-0.25, -0.2) is 8.78 Å². The highest BCUT2D eigenvalue weighted by Crippen LogP contribution is 2.27. The maximum absolute atomic E-state index is 13.9. The number of rotatable bonds is 3. The molecule has 0 amide bonds. The molecule has 2 rings (SSSR count). The zero-order valence-corrected chi connectivity index (χ0v) is 11.8. The number of carbonyl (C=O) groups is 1. The van der Waals surface area contributed by atoms with Crippen molar-refractivity contribution in [1.29, 1.82) is 0 Å². The molecule has 0 spiro atoms. The van der Waals surface area contributed by atoms with Gasteiger partial charge in [-0.1, -0.05) is 11.6 Å². The molecule has 5 N–H and O–H groups in total. The number of allylic oxidation sites excluding steroid dienone is 1. The van der Waals surface area contributed by atoms with E-state index in [1.807, 2.05) is 0 Å². The standard InChI is InChI=1S/C14H12ClF2N3O/c1-6(15)4-7-8(5-20-14(7)19)13(21)11-9(16)2-3-10(18)12(11)17/h2-5,20H,18-19H2,1H3. The number of nitrogens with two attached hydrogens (primary N) is 2. The summed E-state index contributed by atoms with van der Waals surface area (Å²) < 4.78 is 27.7. The van der Waals surface area contributed by atoms with Gasteiger partial charge in [-0.15, -0.1) is 0 Å². The monoisotopic (exact) mass is 311 g/mol. The first-order valence-corrected chi connectivity index (χ1v) is 6.29. The molecule has 1 aromatic carbocycles. The van der Waals surface area contributed by atoms with E-state index in [2.05, 4.69) is 4.98 Å². The normalized spacial score (nSPS) is 11.7. The molecule has 0 aliphatic carbocycles. The lowest BCUT2D eigenvalue weighted by atomic mass is 10.00. The predicted octanol–water partition coefficient (Wildman–Crippen LogP) is 3.29. The highest BCUT2D eigenvalue weighted by Gasteiger charge is 2.24. The Balaban J connectivity index is 2.62. The van der Waals surface area contributed by atoms with Crippen LogP contribution >= 0.6 is 11.6 Å². The largest absolute Gasteiger partial charge is 0.396 e. The van der Waals surface area contributed by atoms with Crippen molar-refractivity contribution in [2.75, 3.05) is 11.5 Å². The molecule has 0 fully saturated rings. The van der Waals surface area contributed by atoms with Crippen LogP contribution in [0.2, 0.25) is 0 Å². The summed E-state index contributed by atoms with van der Waals surface area (Å²) in [6.07, 6.45) is 2.70. The second kappa shape index (κ2) is 5.57. The third-order valence-electron chi connectivity index (χ3n) is 2.89. The number of benzene rings is 1. The lowest BCUT2D eigenvalue weighted by Gasteiger charge is -2.06. The highest BCUT2D eigenvalue weighted by atomic mass is 35.5. The van der Waals surface area contributed by atoms with Crippen LogP contribution in [0.25, 0.3) is 6.08 Å². The van der Waals surface area contributed by atoms with Crippen molar-refractivity contribution in [3.8, 4) is 0 Å². The van der Waals surface area contributed by atoms with Crippen LogP contribution in [-0.4, -0.2) is 10.8 Å². The van der Waals surface area contributed by atoms with Crippen molar-refractivity contribution in [1.82, 2.24) is 4.98 Å². The number of aromatic nitrogens is 1. The van der Waals surface area contributed by atoms with Crippen LogP contribution in [0.3, 0.4) is 0 Å². The minimum Gasteiger partial charge on any atom is -0.396 e. The molecule has 110 valence electrons. The summed E-state index contributed by atoms with van der Waals surface area (Å²) in [6, 6.07) is 1.99. The smallest absolute Gasteiger partial charge is 0.201 e. The molecule has 1 heterocycles. The minimum absolute atomic E-state index is 0.0101. The van der Waals surface area contributed by atoms with Crippen molar-refractivity contribution in [3.63, 3.8) is 0 Å². The predicted molar refractivity (Wildman–Crippen MR) is 78.9 cm³/mol. The number of H-pyrrole nitrogens is 1. The molecular formula is C14H12ClF2N3O. The first-order chi connectivity index (χ1) is 9.82. The molecule has 2 aromatic rings. The van der Waals surface area contributed by atoms with Gasteiger partial charge in [0.1, 0.15) is 11.6 Å². The molecule has 4 nitrogen and oxygen atoms in total. The Morgan fingerprint density at radius 2 is 2.00 bits per heavy atom. The van der Waals surface area contributed by atoms with Crippen LogP contribution in [0, 0.1) is 11.6 Å². The third-order valence-corrected chi connectivity index (χ3v) is 3.00. The van der Waals surface area contributed by atoms with Crippen LogP contribution in [-0.2, 0) is 0 Å². The van der Waals surface area contributed by atoms with Crippen LogP contribution in [0.5, 0.6) is 0 Å². The van der Waals surface area contributed by atoms with Gasteiger partial charge in [-0.3, -0.25) is 4.79 Å². The minimum atomic E-state index is -1.10. The van der Waals surface area contributed by atoms with Crippen LogP contribution in [0.15, 0.2) is 23.4 Å². The molecule has 1 aromatic heterocycles. The van der Waals surface area contributed by atoms with Gasteiger partial charge in [0.05, 0.1) is 11.3 Å². The quantitative estimate of drug-likeness (QED) is 0.600. The maximum atomic E-state index is 13.9. The molecule has 0 bridgehead atoms. The number of hydrogen-bond donors (Lipinski definition) is 3. The lowest BCUT2D eigenvalue weighted by molar-refractivity contribution is 0.103. The van der Waals surface area contributed by atoms with Gasteiger partial charge in [0.25, 0.3) is 0 Å². The van der Waals surface area contributed by atoms with E-state index in [1.54, 1.807) is 6.92 Å². The molecule has 0 unspecified atom stereocenters. The van der Waals surface area contributed by atoms with E-state index in [0.717, 1.165) is 12.1 Å². The summed E-state index contributed by atoms with van der Waals surface area (Å²) in [5.41, 5.74) is 10.3. The second-order valence-corrected chi connectivity index (χ2v) is 5.01. The van der Waals surface area contributed by atoms with Crippen molar-refractivity contribution in [3.05, 3.63) is 51.7 Å². The Morgan fingerprint density at radius 1 is 1.33 bits per heavy atom. The molecule has 0 saturated heterocycles. The molecular weight excluding hydrogens is 300 g/mol. The lowest BCUT2D eigenvalue weighted by Crippen LogP contribution is -2.10. The summed E-state index contributed by atoms with van der Waals surface area (Å²) in [6.45, 7) is 1.59. The summed E-state index contributed by atoms with van der Waals surface area (Å²) in [5.74, 6) is -2.79. The Morgan fingerprint density at radius 3 is 2.62 bits per heavy atom. The van der Waals surface area contributed by atoms with E-state index in [1.165, 1.54) is 12.3 Å². The topological polar surface area (TPSA) is 84.9 Å². The first kappa shape index (κ1) is 15.1. The van der Waals surface area contributed by atoms with Gasteiger partial charge in [-0.05, 0) is 25.1 Å². The van der Waals surface area contributed by atoms with Gasteiger partial charge in [0, 0.05) is 22.4 Å².